The molecule has 0 aromatic carbocycles. The Hall–Kier alpha value is -4.08. The molecule has 366 valence electrons. The van der Waals surface area contributed by atoms with Crippen molar-refractivity contribution in [2.24, 2.45) is 4.99 Å². The topological polar surface area (TPSA) is 269 Å². The molecule has 3 unspecified atom stereocenters. The van der Waals surface area contributed by atoms with Crippen LogP contribution in [0.25, 0.3) is 11.2 Å². The molecule has 0 amide bonds. The standard InChI is InChI=1S/C23H34N6O5S2.C18H30N6O4S2/c1-5-16-18(32-14(3)30)19(33-15(4)31)22(34-16)29-12-26-17-20(29)27-23(28-21(17)36)25-11-9-7-6-8-10-24-13(2)35;1-10(29)19-6-4-2-3-5-7-20-18-22-15-12(16(30)23-18)21-9-24(15)17-14(27)13(26)11(8-25)28-17/h12,16,18-19,22H,5-11H2,1-4H3,(H,24,35)(H2,25,27,28,36);9,11,13-14,16-17,25-27,30H,2-8H2,1H3,(H,19,29)(H2,20,22,23)/t16-,18?,19+,22-;11-,13?,14+,16?,17-/m11/s1. The molecule has 21 nitrogen and oxygen atoms in total. The number of hydrogen-bond donors (Lipinski definition) is 10. The number of guanidine groups is 1. The van der Waals surface area contributed by atoms with Gasteiger partial charge in [-0.25, -0.2) is 15.0 Å². The Bertz CT molecular complexity index is 2190. The molecule has 0 bridgehead atoms. The number of thiol groups is 1. The van der Waals surface area contributed by atoms with Crippen LogP contribution in [0.1, 0.15) is 116 Å². The van der Waals surface area contributed by atoms with E-state index >= 15 is 0 Å². The van der Waals surface area contributed by atoms with E-state index in [0.717, 1.165) is 81.0 Å². The van der Waals surface area contributed by atoms with E-state index in [9.17, 15) is 24.9 Å². The zero-order valence-electron chi connectivity index (χ0n) is 37.9. The van der Waals surface area contributed by atoms with E-state index in [2.05, 4.69) is 64.1 Å². The average molecular weight is 997 g/mol. The molecule has 0 aliphatic carbocycles. The predicted molar refractivity (Wildman–Crippen MR) is 262 cm³/mol. The monoisotopic (exact) mass is 996 g/mol. The molecular weight excluding hydrogens is 933 g/mol. The first-order valence-electron chi connectivity index (χ1n) is 22.3. The van der Waals surface area contributed by atoms with Gasteiger partial charge in [0.2, 0.25) is 5.95 Å². The maximum Gasteiger partial charge on any atom is 0.303 e. The number of nitrogens with one attached hydrogen (secondary N) is 6. The molecule has 3 aliphatic rings. The lowest BCUT2D eigenvalue weighted by Gasteiger charge is -2.26. The van der Waals surface area contributed by atoms with Crippen LogP contribution in [0.3, 0.4) is 0 Å². The van der Waals surface area contributed by atoms with Crippen molar-refractivity contribution in [3.05, 3.63) is 23.0 Å². The average Bonchev–Trinajstić information content (AvgIpc) is 4.03. The van der Waals surface area contributed by atoms with Crippen molar-refractivity contribution in [3.8, 4) is 0 Å². The van der Waals surface area contributed by atoms with Gasteiger partial charge in [-0.05, 0) is 46.0 Å². The number of carbonyl (C=O) groups excluding carboxylic acids is 2. The van der Waals surface area contributed by atoms with Gasteiger partial charge in [0.1, 0.15) is 52.5 Å². The number of aliphatic imine (C=N–C) groups is 1. The Kier molecular flexibility index (Phi) is 20.7. The van der Waals surface area contributed by atoms with E-state index in [1.54, 1.807) is 15.5 Å². The van der Waals surface area contributed by atoms with Crippen LogP contribution in [0.2, 0.25) is 0 Å². The van der Waals surface area contributed by atoms with Crippen molar-refractivity contribution in [1.82, 2.24) is 45.0 Å². The number of aromatic nitrogens is 6. The first kappa shape index (κ1) is 52.9. The van der Waals surface area contributed by atoms with Gasteiger partial charge in [-0.15, -0.1) is 12.6 Å². The number of hydrogen-bond acceptors (Lipinski definition) is 18. The van der Waals surface area contributed by atoms with Crippen LogP contribution in [0.5, 0.6) is 0 Å². The minimum Gasteiger partial charge on any atom is -0.456 e. The summed E-state index contributed by atoms with van der Waals surface area (Å²) in [6.45, 7) is 11.1. The van der Waals surface area contributed by atoms with Crippen molar-refractivity contribution >= 4 is 100 Å². The molecule has 2 fully saturated rings. The third-order valence-electron chi connectivity index (χ3n) is 10.9. The van der Waals surface area contributed by atoms with Gasteiger partial charge in [0.05, 0.1) is 29.2 Å². The molecule has 66 heavy (non-hydrogen) atoms. The van der Waals surface area contributed by atoms with E-state index < -0.39 is 61.0 Å². The number of ether oxygens (including phenoxy) is 4. The summed E-state index contributed by atoms with van der Waals surface area (Å²) >= 11 is 20.0. The lowest BCUT2D eigenvalue weighted by molar-refractivity contribution is -0.165. The summed E-state index contributed by atoms with van der Waals surface area (Å²) in [6.07, 6.45) is 5.16. The fraction of sp³-hybridized carbons (Fsp3) is 0.683. The molecule has 9 N–H and O–H groups in total. The van der Waals surface area contributed by atoms with Gasteiger partial charge >= 0.3 is 11.9 Å². The van der Waals surface area contributed by atoms with Crippen molar-refractivity contribution in [2.75, 3.05) is 43.4 Å². The van der Waals surface area contributed by atoms with E-state index in [1.165, 1.54) is 20.2 Å². The van der Waals surface area contributed by atoms with Gasteiger partial charge in [-0.2, -0.15) is 0 Å². The molecule has 6 heterocycles. The van der Waals surface area contributed by atoms with Gasteiger partial charge in [0.15, 0.2) is 35.3 Å². The first-order valence-corrected chi connectivity index (χ1v) is 24.0. The predicted octanol–water partition coefficient (Wildman–Crippen LogP) is 3.86. The second kappa shape index (κ2) is 25.9. The highest BCUT2D eigenvalue weighted by atomic mass is 32.1. The quantitative estimate of drug-likeness (QED) is 0.0314. The number of aliphatic hydroxyl groups excluding tert-OH is 3. The lowest BCUT2D eigenvalue weighted by atomic mass is 10.1. The number of aliphatic hydroxyl groups is 3. The molecule has 0 radical (unpaired) electrons. The fourth-order valence-corrected chi connectivity index (χ4v) is 8.44. The molecule has 3 aliphatic heterocycles. The van der Waals surface area contributed by atoms with Crippen molar-refractivity contribution in [1.29, 1.82) is 0 Å². The lowest BCUT2D eigenvalue weighted by Crippen LogP contribution is -2.39. The number of anilines is 2. The first-order chi connectivity index (χ1) is 31.6. The number of unbranched alkanes of at least 4 members (excludes halogenated alkanes) is 6. The largest absolute Gasteiger partial charge is 0.456 e. The van der Waals surface area contributed by atoms with Crippen LogP contribution in [0.15, 0.2) is 17.6 Å². The summed E-state index contributed by atoms with van der Waals surface area (Å²) in [4.78, 5) is 46.2. The normalized spacial score (nSPS) is 25.0. The number of esters is 2. The van der Waals surface area contributed by atoms with Crippen molar-refractivity contribution in [3.63, 3.8) is 0 Å². The van der Waals surface area contributed by atoms with E-state index in [-0.39, 0.29) is 12.0 Å². The number of carbonyl (C=O) groups is 2. The molecule has 0 spiro atoms. The van der Waals surface area contributed by atoms with Gasteiger partial charge in [0, 0.05) is 40.0 Å². The van der Waals surface area contributed by atoms with E-state index in [1.807, 2.05) is 20.8 Å². The third-order valence-corrected chi connectivity index (χ3v) is 11.8. The van der Waals surface area contributed by atoms with Crippen LogP contribution in [-0.2, 0) is 28.5 Å². The highest BCUT2D eigenvalue weighted by Gasteiger charge is 2.50. The fourth-order valence-electron chi connectivity index (χ4n) is 7.68. The molecule has 0 saturated carbocycles. The minimum atomic E-state index is -1.19. The SMILES string of the molecule is CC(=S)NCCCCCCN=C1Nc2c(ncn2[C@@H]2O[C@H](CO)C(O)[C@@H]2O)C(S)N1.CC[C@H]1O[C@@H](n2cnc3c(=S)nc(NCCCCCCNC(C)=S)[nH]c32)[C@@H](OC(C)=O)C1OC(C)=O. The molecule has 3 aromatic rings. The maximum absolute atomic E-state index is 11.9. The summed E-state index contributed by atoms with van der Waals surface area (Å²) < 4.78 is 26.5. The highest BCUT2D eigenvalue weighted by Crippen LogP contribution is 2.38. The van der Waals surface area contributed by atoms with Gasteiger partial charge in [0.25, 0.3) is 0 Å². The number of rotatable bonds is 21. The van der Waals surface area contributed by atoms with E-state index in [4.69, 9.17) is 55.6 Å². The number of imidazole rings is 2. The van der Waals surface area contributed by atoms with Gasteiger partial charge in [-0.3, -0.25) is 23.7 Å². The van der Waals surface area contributed by atoms with Crippen molar-refractivity contribution in [2.45, 2.75) is 147 Å². The Labute approximate surface area is 405 Å². The number of H-pyrrole nitrogens is 1. The highest BCUT2D eigenvalue weighted by molar-refractivity contribution is 7.80. The Morgan fingerprint density at radius 2 is 1.45 bits per heavy atom. The second-order valence-electron chi connectivity index (χ2n) is 16.1. The van der Waals surface area contributed by atoms with Crippen LogP contribution >= 0.6 is 49.3 Å². The Balaban J connectivity index is 0.000000251. The van der Waals surface area contributed by atoms with Crippen LogP contribution in [0, 0.1) is 4.64 Å². The summed E-state index contributed by atoms with van der Waals surface area (Å²) in [7, 11) is 0. The zero-order chi connectivity index (χ0) is 47.9. The number of nitrogens with zero attached hydrogens (tertiary/aromatic N) is 6. The molecular formula is C41H64N12O9S4. The van der Waals surface area contributed by atoms with Gasteiger partial charge < -0.3 is 65.8 Å². The molecule has 3 aromatic heterocycles. The van der Waals surface area contributed by atoms with Crippen LogP contribution in [-0.4, -0.2) is 142 Å². The van der Waals surface area contributed by atoms with Crippen LogP contribution < -0.4 is 26.6 Å². The zero-order valence-corrected chi connectivity index (χ0v) is 41.2. The smallest absolute Gasteiger partial charge is 0.303 e. The Morgan fingerprint density at radius 1 is 0.848 bits per heavy atom. The number of fused-ring (bicyclic) bond motifs is 2. The maximum atomic E-state index is 11.9. The molecule has 6 rings (SSSR count). The summed E-state index contributed by atoms with van der Waals surface area (Å²) in [5.41, 5.74) is 1.70. The number of thiocarbonyl (C=S) groups is 2. The number of aromatic amines is 1. The summed E-state index contributed by atoms with van der Waals surface area (Å²) in [5.74, 6) is 0.684. The third kappa shape index (κ3) is 14.5. The molecule has 25 heteroatoms. The molecule has 2 saturated heterocycles. The molecule has 9 atom stereocenters. The summed E-state index contributed by atoms with van der Waals surface area (Å²) in [5, 5.41) is 45.2. The summed E-state index contributed by atoms with van der Waals surface area (Å²) in [6, 6.07) is 0. The Morgan fingerprint density at radius 3 is 2.06 bits per heavy atom. The van der Waals surface area contributed by atoms with Gasteiger partial charge in [-0.1, -0.05) is 69.3 Å². The van der Waals surface area contributed by atoms with Crippen molar-refractivity contribution < 1.29 is 43.9 Å². The van der Waals surface area contributed by atoms with Crippen LogP contribution in [0.4, 0.5) is 11.8 Å². The van der Waals surface area contributed by atoms with E-state index in [0.29, 0.717) is 52.2 Å². The second-order valence-corrected chi connectivity index (χ2v) is 18.2. The minimum absolute atomic E-state index is 0.331.